The lowest BCUT2D eigenvalue weighted by atomic mass is 10.3. The van der Waals surface area contributed by atoms with Gasteiger partial charge in [-0.15, -0.1) is 24.0 Å². The number of halogens is 1. The zero-order valence-electron chi connectivity index (χ0n) is 8.54. The molecule has 0 saturated carbocycles. The van der Waals surface area contributed by atoms with Gasteiger partial charge in [-0.2, -0.15) is 0 Å². The topological polar surface area (TPSA) is 59.6 Å². The Labute approximate surface area is 97.3 Å². The van der Waals surface area contributed by atoms with Crippen LogP contribution < -0.4 is 11.1 Å². The first-order valence-electron chi connectivity index (χ1n) is 4.26. The molecule has 4 nitrogen and oxygen atoms in total. The Bertz CT molecular complexity index is 141. The Morgan fingerprint density at radius 2 is 2.23 bits per heavy atom. The van der Waals surface area contributed by atoms with Crippen LogP contribution >= 0.6 is 24.0 Å². The van der Waals surface area contributed by atoms with Crippen LogP contribution in [0.5, 0.6) is 0 Å². The number of hydrogen-bond acceptors (Lipinski definition) is 2. The van der Waals surface area contributed by atoms with Crippen molar-refractivity contribution in [3.8, 4) is 0 Å². The van der Waals surface area contributed by atoms with Gasteiger partial charge >= 0.3 is 0 Å². The van der Waals surface area contributed by atoms with Crippen molar-refractivity contribution in [1.82, 2.24) is 5.32 Å². The van der Waals surface area contributed by atoms with E-state index in [0.29, 0.717) is 25.2 Å². The van der Waals surface area contributed by atoms with Gasteiger partial charge in [0.2, 0.25) is 0 Å². The number of hydrogen-bond donors (Lipinski definition) is 2. The van der Waals surface area contributed by atoms with Crippen LogP contribution in [-0.4, -0.2) is 32.3 Å². The first kappa shape index (κ1) is 15.4. The van der Waals surface area contributed by atoms with Gasteiger partial charge in [-0.1, -0.05) is 6.92 Å². The first-order valence-corrected chi connectivity index (χ1v) is 4.26. The molecule has 13 heavy (non-hydrogen) atoms. The second-order valence-corrected chi connectivity index (χ2v) is 2.71. The molecule has 0 aromatic rings. The van der Waals surface area contributed by atoms with E-state index in [1.807, 2.05) is 0 Å². The van der Waals surface area contributed by atoms with E-state index in [1.165, 1.54) is 0 Å². The minimum absolute atomic E-state index is 0. The van der Waals surface area contributed by atoms with Crippen molar-refractivity contribution in [2.45, 2.75) is 26.3 Å². The normalized spacial score (nSPS) is 13.3. The van der Waals surface area contributed by atoms with Crippen LogP contribution in [0.4, 0.5) is 0 Å². The Balaban J connectivity index is 0. The van der Waals surface area contributed by atoms with Crippen molar-refractivity contribution in [2.24, 2.45) is 10.7 Å². The number of methoxy groups -OCH3 is 1. The third-order valence-corrected chi connectivity index (χ3v) is 1.58. The van der Waals surface area contributed by atoms with Crippen molar-refractivity contribution in [2.75, 3.05) is 20.3 Å². The van der Waals surface area contributed by atoms with Gasteiger partial charge in [-0.25, -0.2) is 0 Å². The third kappa shape index (κ3) is 9.88. The monoisotopic (exact) mass is 301 g/mol. The van der Waals surface area contributed by atoms with Crippen LogP contribution in [0, 0.1) is 0 Å². The summed E-state index contributed by atoms with van der Waals surface area (Å²) in [7, 11) is 1.65. The highest BCUT2D eigenvalue weighted by Crippen LogP contribution is 1.85. The van der Waals surface area contributed by atoms with Crippen LogP contribution in [0.15, 0.2) is 4.99 Å². The molecular weight excluding hydrogens is 281 g/mol. The summed E-state index contributed by atoms with van der Waals surface area (Å²) in [5.74, 6) is 0.501. The number of aliphatic imine (C=N–C) groups is 1. The lowest BCUT2D eigenvalue weighted by Gasteiger charge is -2.11. The Morgan fingerprint density at radius 3 is 2.69 bits per heavy atom. The molecule has 0 saturated heterocycles. The van der Waals surface area contributed by atoms with Crippen molar-refractivity contribution in [3.05, 3.63) is 0 Å². The zero-order valence-corrected chi connectivity index (χ0v) is 10.9. The fraction of sp³-hybridized carbons (Fsp3) is 0.875. The highest BCUT2D eigenvalue weighted by Gasteiger charge is 1.97. The molecule has 0 heterocycles. The van der Waals surface area contributed by atoms with E-state index >= 15 is 0 Å². The number of ether oxygens (including phenoxy) is 1. The van der Waals surface area contributed by atoms with Crippen LogP contribution in [0.2, 0.25) is 0 Å². The third-order valence-electron chi connectivity index (χ3n) is 1.58. The molecule has 1 unspecified atom stereocenters. The van der Waals surface area contributed by atoms with Crippen LogP contribution in [-0.2, 0) is 4.74 Å². The molecular formula is C8H20IN3O. The Hall–Kier alpha value is -0.0400. The molecule has 0 aliphatic rings. The second kappa shape index (κ2) is 10.0. The molecule has 0 rings (SSSR count). The SMILES string of the molecule is CCC(C)NC(N)=NCCOC.I. The average Bonchev–Trinajstić information content (AvgIpc) is 2.05. The van der Waals surface area contributed by atoms with Gasteiger partial charge in [-0.3, -0.25) is 4.99 Å². The molecule has 0 radical (unpaired) electrons. The summed E-state index contributed by atoms with van der Waals surface area (Å²) in [6.45, 7) is 5.40. The number of nitrogens with zero attached hydrogens (tertiary/aromatic N) is 1. The molecule has 0 spiro atoms. The predicted molar refractivity (Wildman–Crippen MR) is 66.7 cm³/mol. The molecule has 3 N–H and O–H groups in total. The van der Waals surface area contributed by atoms with Crippen molar-refractivity contribution >= 4 is 29.9 Å². The van der Waals surface area contributed by atoms with Gasteiger partial charge in [0.15, 0.2) is 5.96 Å². The Kier molecular flexibility index (Phi) is 11.9. The summed E-state index contributed by atoms with van der Waals surface area (Å²) in [5, 5.41) is 3.06. The van der Waals surface area contributed by atoms with Crippen molar-refractivity contribution in [3.63, 3.8) is 0 Å². The summed E-state index contributed by atoms with van der Waals surface area (Å²) in [5.41, 5.74) is 5.57. The van der Waals surface area contributed by atoms with Crippen molar-refractivity contribution < 1.29 is 4.74 Å². The summed E-state index contributed by atoms with van der Waals surface area (Å²) < 4.78 is 4.83. The smallest absolute Gasteiger partial charge is 0.188 e. The zero-order chi connectivity index (χ0) is 9.40. The molecule has 0 aromatic carbocycles. The first-order chi connectivity index (χ1) is 5.70. The number of nitrogens with two attached hydrogens (primary N) is 1. The van der Waals surface area contributed by atoms with Gasteiger partial charge in [0.05, 0.1) is 13.2 Å². The van der Waals surface area contributed by atoms with E-state index in [0.717, 1.165) is 6.42 Å². The summed E-state index contributed by atoms with van der Waals surface area (Å²) in [4.78, 5) is 4.06. The maximum Gasteiger partial charge on any atom is 0.188 e. The fourth-order valence-corrected chi connectivity index (χ4v) is 0.658. The van der Waals surface area contributed by atoms with E-state index in [-0.39, 0.29) is 24.0 Å². The molecule has 1 atom stereocenters. The van der Waals surface area contributed by atoms with E-state index in [2.05, 4.69) is 24.2 Å². The molecule has 0 aromatic heterocycles. The maximum atomic E-state index is 5.57. The van der Waals surface area contributed by atoms with E-state index in [4.69, 9.17) is 10.5 Å². The van der Waals surface area contributed by atoms with E-state index in [9.17, 15) is 0 Å². The molecule has 0 aliphatic carbocycles. The standard InChI is InChI=1S/C8H19N3O.HI/c1-4-7(2)11-8(9)10-5-6-12-3;/h7H,4-6H2,1-3H3,(H3,9,10,11);1H. The van der Waals surface area contributed by atoms with Crippen LogP contribution in [0.1, 0.15) is 20.3 Å². The second-order valence-electron chi connectivity index (χ2n) is 2.71. The van der Waals surface area contributed by atoms with Gasteiger partial charge < -0.3 is 15.8 Å². The molecule has 5 heteroatoms. The lowest BCUT2D eigenvalue weighted by Crippen LogP contribution is -2.38. The van der Waals surface area contributed by atoms with Crippen LogP contribution in [0.3, 0.4) is 0 Å². The minimum Gasteiger partial charge on any atom is -0.383 e. The molecule has 0 aliphatic heterocycles. The summed E-state index contributed by atoms with van der Waals surface area (Å²) >= 11 is 0. The number of guanidine groups is 1. The molecule has 0 bridgehead atoms. The molecule has 0 fully saturated rings. The van der Waals surface area contributed by atoms with Gasteiger partial charge in [0.1, 0.15) is 0 Å². The molecule has 0 amide bonds. The summed E-state index contributed by atoms with van der Waals surface area (Å²) in [6.07, 6.45) is 1.04. The van der Waals surface area contributed by atoms with Gasteiger partial charge in [-0.05, 0) is 13.3 Å². The van der Waals surface area contributed by atoms with E-state index in [1.54, 1.807) is 7.11 Å². The van der Waals surface area contributed by atoms with Gasteiger partial charge in [0, 0.05) is 13.2 Å². The van der Waals surface area contributed by atoms with Crippen molar-refractivity contribution in [1.29, 1.82) is 0 Å². The largest absolute Gasteiger partial charge is 0.383 e. The lowest BCUT2D eigenvalue weighted by molar-refractivity contribution is 0.208. The number of rotatable bonds is 5. The van der Waals surface area contributed by atoms with Gasteiger partial charge in [0.25, 0.3) is 0 Å². The predicted octanol–water partition coefficient (Wildman–Crippen LogP) is 0.954. The highest BCUT2D eigenvalue weighted by atomic mass is 127. The molecule has 80 valence electrons. The highest BCUT2D eigenvalue weighted by molar-refractivity contribution is 14.0. The summed E-state index contributed by atoms with van der Waals surface area (Å²) in [6, 6.07) is 0.385. The van der Waals surface area contributed by atoms with E-state index < -0.39 is 0 Å². The Morgan fingerprint density at radius 1 is 1.62 bits per heavy atom. The quantitative estimate of drug-likeness (QED) is 0.344. The van der Waals surface area contributed by atoms with Crippen LogP contribution in [0.25, 0.3) is 0 Å². The number of nitrogens with one attached hydrogen (secondary N) is 1. The fourth-order valence-electron chi connectivity index (χ4n) is 0.658. The maximum absolute atomic E-state index is 5.57. The minimum atomic E-state index is 0. The average molecular weight is 301 g/mol.